The first kappa shape index (κ1) is 8.72. The Hall–Kier alpha value is 0.179. The van der Waals surface area contributed by atoms with Crippen molar-refractivity contribution in [2.45, 2.75) is 73.0 Å². The molecule has 3 heteroatoms. The molecule has 0 bridgehead atoms. The maximum absolute atomic E-state index is 11.1. The second-order valence-corrected chi connectivity index (χ2v) is 35.4. The Labute approximate surface area is 108 Å². The zero-order valence-corrected chi connectivity index (χ0v) is 12.6. The Balaban J connectivity index is 1.16. The average molecular weight is 314 g/mol. The van der Waals surface area contributed by atoms with Crippen molar-refractivity contribution in [3.05, 3.63) is 12.2 Å². The standard InChI is InChI=1S/C12H17O2.C5H5.Fe/c13-10-6-2-1-3-9-12(14)11-7-4-5-8-11;1-2-4-5-3-1;/h1,3-5,7-8,12-14H,2,6,9-10H2;1-5H;. The summed E-state index contributed by atoms with van der Waals surface area (Å²) >= 11 is 0. The van der Waals surface area contributed by atoms with E-state index in [0.717, 1.165) is 19.3 Å². The van der Waals surface area contributed by atoms with Gasteiger partial charge in [-0.25, -0.2) is 0 Å². The third-order valence-corrected chi connectivity index (χ3v) is 59.0. The van der Waals surface area contributed by atoms with Crippen molar-refractivity contribution in [2.24, 2.45) is 0 Å². The van der Waals surface area contributed by atoms with Gasteiger partial charge in [-0.15, -0.1) is 0 Å². The van der Waals surface area contributed by atoms with Gasteiger partial charge < -0.3 is 0 Å². The SMILES string of the molecule is OCCCC=CCC(O)[C]12[CH]3[CH]4[CH]5[CH]1[Fe]45321678[CH]2[CH]1[CH]6[CH]7[CH]28. The molecule has 2 nitrogen and oxygen atoms in total. The molecule has 0 radical (unpaired) electrons. The summed E-state index contributed by atoms with van der Waals surface area (Å²) in [6.45, 7) is -2.75. The molecule has 0 aromatic carbocycles. The fraction of sp³-hybridized carbons (Fsp3) is 0.882. The van der Waals surface area contributed by atoms with E-state index in [-0.39, 0.29) is 6.10 Å². The summed E-state index contributed by atoms with van der Waals surface area (Å²) < 4.78 is 0.653. The fourth-order valence-electron chi connectivity index (χ4n) is 18.0. The molecule has 10 aliphatic rings. The van der Waals surface area contributed by atoms with E-state index in [4.69, 9.17) is 5.11 Å². The van der Waals surface area contributed by atoms with E-state index in [2.05, 4.69) is 12.2 Å². The molecule has 5 unspecified atom stereocenters. The monoisotopic (exact) mass is 314 g/mol. The van der Waals surface area contributed by atoms with Gasteiger partial charge in [-0.1, -0.05) is 0 Å². The molecule has 0 aromatic rings. The van der Waals surface area contributed by atoms with Crippen molar-refractivity contribution in [1.29, 1.82) is 0 Å². The second-order valence-electron chi connectivity index (χ2n) is 11.8. The molecule has 10 saturated heterocycles. The maximum atomic E-state index is 11.1. The van der Waals surface area contributed by atoms with Crippen LogP contribution in [-0.2, 0) is 6.51 Å². The summed E-state index contributed by atoms with van der Waals surface area (Å²) in [5, 5.41) is 20.0. The fourth-order valence-corrected chi connectivity index (χ4v) is 93.0. The molecule has 0 aliphatic carbocycles. The van der Waals surface area contributed by atoms with Crippen molar-refractivity contribution in [3.8, 4) is 0 Å². The quantitative estimate of drug-likeness (QED) is 0.444. The van der Waals surface area contributed by atoms with Gasteiger partial charge in [-0.2, -0.15) is 0 Å². The molecule has 10 aliphatic heterocycles. The van der Waals surface area contributed by atoms with E-state index >= 15 is 0 Å². The Morgan fingerprint density at radius 1 is 0.950 bits per heavy atom. The number of unbranched alkanes of at least 4 members (excludes halogenated alkanes) is 1. The van der Waals surface area contributed by atoms with Gasteiger partial charge in [0, 0.05) is 0 Å². The van der Waals surface area contributed by atoms with Gasteiger partial charge in [-0.05, 0) is 0 Å². The van der Waals surface area contributed by atoms with Gasteiger partial charge >= 0.3 is 109 Å². The van der Waals surface area contributed by atoms with E-state index in [9.17, 15) is 5.11 Å². The van der Waals surface area contributed by atoms with Crippen molar-refractivity contribution < 1.29 is 16.7 Å². The van der Waals surface area contributed by atoms with E-state index in [0.29, 0.717) is 10.9 Å². The van der Waals surface area contributed by atoms with Crippen LogP contribution < -0.4 is 0 Å². The Morgan fingerprint density at radius 2 is 1.55 bits per heavy atom. The van der Waals surface area contributed by atoms with E-state index in [1.807, 2.05) is 0 Å². The van der Waals surface area contributed by atoms with Crippen LogP contribution in [0.25, 0.3) is 0 Å². The zero-order chi connectivity index (χ0) is 12.8. The van der Waals surface area contributed by atoms with Gasteiger partial charge in [0.1, 0.15) is 0 Å². The van der Waals surface area contributed by atoms with Crippen LogP contribution in [0.1, 0.15) is 19.3 Å². The number of hydrogen-bond acceptors (Lipinski definition) is 2. The number of aliphatic hydroxyl groups excluding tert-OH is 2. The van der Waals surface area contributed by atoms with Gasteiger partial charge in [0.2, 0.25) is 0 Å². The molecule has 20 heavy (non-hydrogen) atoms. The molecule has 10 rings (SSSR count). The molecule has 1 spiro atoms. The van der Waals surface area contributed by atoms with Crippen molar-refractivity contribution >= 4 is 0 Å². The van der Waals surface area contributed by atoms with Crippen molar-refractivity contribution in [3.63, 3.8) is 0 Å². The van der Waals surface area contributed by atoms with E-state index in [1.54, 1.807) is 0 Å². The molecule has 0 saturated carbocycles. The van der Waals surface area contributed by atoms with Crippen LogP contribution in [0.5, 0.6) is 0 Å². The number of rotatable bonds is 6. The summed E-state index contributed by atoms with van der Waals surface area (Å²) in [5.74, 6) is 0. The van der Waals surface area contributed by atoms with E-state index < -0.39 is 6.51 Å². The first-order chi connectivity index (χ1) is 9.53. The molecular formula is C17H22FeO2. The third-order valence-electron chi connectivity index (χ3n) is 16.4. The minimum atomic E-state index is -3.04. The average Bonchev–Trinajstić information content (AvgIpc) is 3.38. The predicted molar refractivity (Wildman–Crippen MR) is 72.5 cm³/mol. The van der Waals surface area contributed by atoms with Gasteiger partial charge in [0.05, 0.1) is 0 Å². The first-order valence-corrected chi connectivity index (χ1v) is 15.0. The molecule has 5 atom stereocenters. The molecule has 10 heterocycles. The number of hydrogen-bond donors (Lipinski definition) is 2. The van der Waals surface area contributed by atoms with Crippen LogP contribution in [0.3, 0.4) is 0 Å². The van der Waals surface area contributed by atoms with Crippen LogP contribution in [0.15, 0.2) is 12.2 Å². The van der Waals surface area contributed by atoms with Crippen molar-refractivity contribution in [2.75, 3.05) is 6.61 Å². The summed E-state index contributed by atoms with van der Waals surface area (Å²) in [7, 11) is 0. The van der Waals surface area contributed by atoms with Crippen LogP contribution in [0.2, 0.25) is 47.7 Å². The summed E-state index contributed by atoms with van der Waals surface area (Å²) in [6, 6.07) is 0. The summed E-state index contributed by atoms with van der Waals surface area (Å²) in [4.78, 5) is 11.7. The van der Waals surface area contributed by atoms with Crippen LogP contribution in [0.4, 0.5) is 0 Å². The van der Waals surface area contributed by atoms with Crippen LogP contribution in [-0.4, -0.2) is 22.9 Å². The summed E-state index contributed by atoms with van der Waals surface area (Å²) in [6.07, 6.45) is 7.28. The van der Waals surface area contributed by atoms with Gasteiger partial charge in [-0.3, -0.25) is 0 Å². The number of aliphatic hydroxyl groups is 2. The molecule has 2 N–H and O–H groups in total. The van der Waals surface area contributed by atoms with Gasteiger partial charge in [0.25, 0.3) is 0 Å². The molecule has 110 valence electrons. The normalized spacial score (nSPS) is 105. The Bertz CT molecular complexity index is 944. The third kappa shape index (κ3) is 0.105. The molecular weight excluding hydrogens is 292 g/mol. The number of fused-ring (bicyclic) bond motifs is 10. The molecule has 10 fully saturated rings. The predicted octanol–water partition coefficient (Wildman–Crippen LogP) is 3.83. The zero-order valence-electron chi connectivity index (χ0n) is 11.5. The Kier molecular flexibility index (Phi) is 0.364. The van der Waals surface area contributed by atoms with E-state index in [1.165, 1.54) is 43.3 Å². The molecule has 0 aromatic heterocycles. The Morgan fingerprint density at radius 3 is 1.95 bits per heavy atom. The topological polar surface area (TPSA) is 40.5 Å². The van der Waals surface area contributed by atoms with Crippen LogP contribution in [0, 0.1) is 0 Å². The minimum absolute atomic E-state index is 0.0573. The van der Waals surface area contributed by atoms with Crippen LogP contribution >= 0.6 is 0 Å². The molecule has 0 amide bonds. The number of allylic oxidation sites excluding steroid dienone is 1. The van der Waals surface area contributed by atoms with Gasteiger partial charge in [0.15, 0.2) is 0 Å². The summed E-state index contributed by atoms with van der Waals surface area (Å²) in [5.41, 5.74) is 0. The van der Waals surface area contributed by atoms with Crippen molar-refractivity contribution in [1.82, 2.24) is 0 Å². The first-order valence-electron chi connectivity index (χ1n) is 8.68. The second kappa shape index (κ2) is 0.834.